The third-order valence-electron chi connectivity index (χ3n) is 6.58. The first-order valence-electron chi connectivity index (χ1n) is 14.4. The van der Waals surface area contributed by atoms with Gasteiger partial charge in [0.2, 0.25) is 9.84 Å². The third kappa shape index (κ3) is 14.1. The zero-order valence-electron chi connectivity index (χ0n) is 24.2. The maximum absolute atomic E-state index is 13.6. The molecule has 0 N–H and O–H groups in total. The van der Waals surface area contributed by atoms with Gasteiger partial charge in [0.1, 0.15) is 30.8 Å². The van der Waals surface area contributed by atoms with Gasteiger partial charge in [0.05, 0.1) is 32.5 Å². The van der Waals surface area contributed by atoms with Crippen molar-refractivity contribution in [2.24, 2.45) is 0 Å². The van der Waals surface area contributed by atoms with Crippen molar-refractivity contribution in [3.8, 4) is 11.5 Å². The Morgan fingerprint density at radius 2 is 1.07 bits per heavy atom. The number of ether oxygens (including phenoxy) is 3. The molecule has 2 unspecified atom stereocenters. The zero-order chi connectivity index (χ0) is 31.8. The highest BCUT2D eigenvalue weighted by Gasteiger charge is 2.24. The lowest BCUT2D eigenvalue weighted by Crippen LogP contribution is -2.24. The highest BCUT2D eigenvalue weighted by Crippen LogP contribution is 2.41. The van der Waals surface area contributed by atoms with Gasteiger partial charge in [0.15, 0.2) is 0 Å². The van der Waals surface area contributed by atoms with Gasteiger partial charge >= 0.3 is 0 Å². The summed E-state index contributed by atoms with van der Waals surface area (Å²) in [5.74, 6) is 1.06. The van der Waals surface area contributed by atoms with Crippen molar-refractivity contribution in [1.29, 1.82) is 0 Å². The van der Waals surface area contributed by atoms with E-state index in [1.807, 2.05) is 0 Å². The molecule has 0 radical (unpaired) electrons. The summed E-state index contributed by atoms with van der Waals surface area (Å²) < 4.78 is 47.2. The minimum Gasteiger partial charge on any atom is -0.490 e. The molecule has 0 spiro atoms. The highest BCUT2D eigenvalue weighted by molar-refractivity contribution is 9.12. The van der Waals surface area contributed by atoms with Crippen molar-refractivity contribution < 1.29 is 22.6 Å². The first-order chi connectivity index (χ1) is 20.5. The van der Waals surface area contributed by atoms with Crippen LogP contribution in [0.4, 0.5) is 0 Å². The number of hydrogen-bond donors (Lipinski definition) is 0. The second-order valence-corrected chi connectivity index (χ2v) is 18.1. The summed E-state index contributed by atoms with van der Waals surface area (Å²) in [6, 6.07) is 6.21. The summed E-state index contributed by atoms with van der Waals surface area (Å²) in [6.45, 7) is 3.69. The zero-order valence-corrected chi connectivity index (χ0v) is 36.1. The quantitative estimate of drug-likeness (QED) is 0.0869. The summed E-state index contributed by atoms with van der Waals surface area (Å²) in [6.07, 6.45) is 12.7. The molecule has 43 heavy (non-hydrogen) atoms. The SMILES string of the molecule is CCCCCCCCCCCCOC(CBr)COc1c(Br)cc(S(=O)(=O)c2cc(Br)c(OCC(Br)CBr)c(Br)c2)cc1Br. The lowest BCUT2D eigenvalue weighted by molar-refractivity contribution is 0.0335. The molecule has 0 aliphatic heterocycles. The van der Waals surface area contributed by atoms with Crippen molar-refractivity contribution in [2.75, 3.05) is 30.5 Å². The number of unbranched alkanes of at least 4 members (excludes halogenated alkanes) is 9. The summed E-state index contributed by atoms with van der Waals surface area (Å²) in [4.78, 5) is 0.368. The van der Waals surface area contributed by atoms with Gasteiger partial charge in [-0.05, 0) is 94.4 Å². The number of sulfone groups is 1. The normalized spacial score (nSPS) is 13.2. The second-order valence-electron chi connectivity index (χ2n) is 10.1. The van der Waals surface area contributed by atoms with E-state index in [9.17, 15) is 8.42 Å². The van der Waals surface area contributed by atoms with Crippen LogP contribution in [0.15, 0.2) is 51.9 Å². The van der Waals surface area contributed by atoms with E-state index in [1.165, 1.54) is 57.8 Å². The molecule has 0 amide bonds. The molecule has 2 atom stereocenters. The van der Waals surface area contributed by atoms with Gasteiger partial charge in [-0.2, -0.15) is 0 Å². The van der Waals surface area contributed by atoms with Gasteiger partial charge in [0.25, 0.3) is 0 Å². The highest BCUT2D eigenvalue weighted by atomic mass is 79.9. The summed E-state index contributed by atoms with van der Waals surface area (Å²) in [5, 5.41) is 1.36. The van der Waals surface area contributed by atoms with Gasteiger partial charge in [-0.15, -0.1) is 0 Å². The monoisotopic (exact) mass is 1060 g/mol. The van der Waals surface area contributed by atoms with Crippen LogP contribution in [0, 0.1) is 0 Å². The Kier molecular flexibility index (Phi) is 20.8. The summed E-state index contributed by atoms with van der Waals surface area (Å²) in [5.41, 5.74) is 0. The van der Waals surface area contributed by atoms with E-state index in [2.05, 4.69) is 118 Å². The Hall–Kier alpha value is 1.31. The predicted molar refractivity (Wildman–Crippen MR) is 202 cm³/mol. The van der Waals surface area contributed by atoms with E-state index in [0.29, 0.717) is 54.5 Å². The average Bonchev–Trinajstić information content (AvgIpc) is 2.97. The van der Waals surface area contributed by atoms with Crippen LogP contribution in [0.5, 0.6) is 11.5 Å². The lowest BCUT2D eigenvalue weighted by Gasteiger charge is -2.18. The molecule has 0 aliphatic carbocycles. The Labute approximate surface area is 316 Å². The topological polar surface area (TPSA) is 61.8 Å². The average molecular weight is 1070 g/mol. The Morgan fingerprint density at radius 3 is 1.49 bits per heavy atom. The molecule has 0 fully saturated rings. The molecule has 0 saturated carbocycles. The maximum Gasteiger partial charge on any atom is 0.206 e. The number of alkyl halides is 3. The summed E-state index contributed by atoms with van der Waals surface area (Å²) >= 11 is 24.4. The van der Waals surface area contributed by atoms with E-state index < -0.39 is 9.84 Å². The number of rotatable bonds is 22. The van der Waals surface area contributed by atoms with Crippen LogP contribution < -0.4 is 9.47 Å². The molecular weight excluding hydrogens is 1030 g/mol. The molecule has 5 nitrogen and oxygen atoms in total. The fourth-order valence-corrected chi connectivity index (χ4v) is 9.66. The molecule has 244 valence electrons. The van der Waals surface area contributed by atoms with E-state index in [1.54, 1.807) is 24.3 Å². The fraction of sp³-hybridized carbons (Fsp3) is 0.600. The Balaban J connectivity index is 1.93. The molecule has 0 heterocycles. The van der Waals surface area contributed by atoms with E-state index in [0.717, 1.165) is 11.8 Å². The molecule has 13 heteroatoms. The third-order valence-corrected chi connectivity index (χ3v) is 13.6. The fourth-order valence-electron chi connectivity index (χ4n) is 4.17. The molecule has 0 bridgehead atoms. The van der Waals surface area contributed by atoms with Crippen LogP contribution in [0.3, 0.4) is 0 Å². The molecule has 2 rings (SSSR count). The van der Waals surface area contributed by atoms with Crippen molar-refractivity contribution in [2.45, 2.75) is 91.9 Å². The largest absolute Gasteiger partial charge is 0.490 e. The minimum absolute atomic E-state index is 0.117. The standard InChI is InChI=1S/C30H39Br7O5S/c1-2-3-4-5-6-7-8-9-10-11-12-40-22(18-32)20-42-30-27(36)15-24(16-28(30)37)43(38,39)23-13-25(34)29(26(35)14-23)41-19-21(33)17-31/h13-16,21-22H,2-12,17-20H2,1H3. The molecule has 2 aromatic carbocycles. The molecular formula is C30H39Br7O5S. The Bertz CT molecular complexity index is 1180. The summed E-state index contributed by atoms with van der Waals surface area (Å²) in [7, 11) is -3.84. The lowest BCUT2D eigenvalue weighted by atomic mass is 10.1. The second kappa shape index (κ2) is 22.0. The van der Waals surface area contributed by atoms with Crippen LogP contribution in [-0.4, -0.2) is 49.8 Å². The molecule has 0 saturated heterocycles. The van der Waals surface area contributed by atoms with Crippen molar-refractivity contribution in [1.82, 2.24) is 0 Å². The van der Waals surface area contributed by atoms with Gasteiger partial charge < -0.3 is 14.2 Å². The predicted octanol–water partition coefficient (Wildman–Crippen LogP) is 12.2. The van der Waals surface area contributed by atoms with Gasteiger partial charge in [-0.1, -0.05) is 113 Å². The van der Waals surface area contributed by atoms with Crippen LogP contribution in [0.25, 0.3) is 0 Å². The van der Waals surface area contributed by atoms with E-state index >= 15 is 0 Å². The van der Waals surface area contributed by atoms with Crippen LogP contribution in [-0.2, 0) is 14.6 Å². The maximum atomic E-state index is 13.6. The van der Waals surface area contributed by atoms with Crippen LogP contribution in [0.2, 0.25) is 0 Å². The van der Waals surface area contributed by atoms with Gasteiger partial charge in [0, 0.05) is 17.3 Å². The first kappa shape index (κ1) is 40.5. The molecule has 2 aromatic rings. The van der Waals surface area contributed by atoms with Crippen molar-refractivity contribution in [3.63, 3.8) is 0 Å². The van der Waals surface area contributed by atoms with Crippen molar-refractivity contribution in [3.05, 3.63) is 42.2 Å². The van der Waals surface area contributed by atoms with Crippen LogP contribution >= 0.6 is 112 Å². The van der Waals surface area contributed by atoms with Gasteiger partial charge in [-0.3, -0.25) is 0 Å². The smallest absolute Gasteiger partial charge is 0.206 e. The molecule has 0 aromatic heterocycles. The van der Waals surface area contributed by atoms with Gasteiger partial charge in [-0.25, -0.2) is 8.42 Å². The van der Waals surface area contributed by atoms with Crippen LogP contribution in [0.1, 0.15) is 71.1 Å². The minimum atomic E-state index is -3.84. The first-order valence-corrected chi connectivity index (χ1v) is 22.2. The Morgan fingerprint density at radius 1 is 0.651 bits per heavy atom. The van der Waals surface area contributed by atoms with Crippen molar-refractivity contribution >= 4 is 121 Å². The van der Waals surface area contributed by atoms with E-state index in [-0.39, 0.29) is 20.7 Å². The van der Waals surface area contributed by atoms with E-state index in [4.69, 9.17) is 14.2 Å². The number of halogens is 7. The molecule has 0 aliphatic rings. The number of benzene rings is 2. The number of hydrogen-bond acceptors (Lipinski definition) is 5.